The molecule has 0 saturated heterocycles. The van der Waals surface area contributed by atoms with Crippen LogP contribution in [-0.4, -0.2) is 9.78 Å². The number of hydrogen-bond donors (Lipinski definition) is 0. The van der Waals surface area contributed by atoms with Crippen LogP contribution in [0.4, 0.5) is 5.69 Å². The minimum Gasteiger partial charge on any atom is -0.388 e. The smallest absolute Gasteiger partial charge is 0.388 e. The summed E-state index contributed by atoms with van der Waals surface area (Å²) < 4.78 is 5.97. The zero-order chi connectivity index (χ0) is 11.7. The maximum Gasteiger partial charge on any atom is 0.437 e. The van der Waals surface area contributed by atoms with Gasteiger partial charge in [0, 0.05) is 12.6 Å². The van der Waals surface area contributed by atoms with Gasteiger partial charge >= 0.3 is 5.76 Å². The van der Waals surface area contributed by atoms with Crippen LogP contribution < -0.4 is 5.76 Å². The largest absolute Gasteiger partial charge is 0.437 e. The highest BCUT2D eigenvalue weighted by molar-refractivity contribution is 5.63. The van der Waals surface area contributed by atoms with E-state index in [1.807, 2.05) is 0 Å². The predicted molar refractivity (Wildman–Crippen MR) is 56.8 cm³/mol. The van der Waals surface area contributed by atoms with Gasteiger partial charge in [-0.25, -0.2) is 9.64 Å². The van der Waals surface area contributed by atoms with Crippen molar-refractivity contribution >= 4 is 5.69 Å². The van der Waals surface area contributed by atoms with E-state index in [1.54, 1.807) is 12.1 Å². The second-order valence-electron chi connectivity index (χ2n) is 3.22. The van der Waals surface area contributed by atoms with Gasteiger partial charge in [0.2, 0.25) is 5.89 Å². The first kappa shape index (κ1) is 10.2. The number of hydrogen-bond acceptors (Lipinski definition) is 3. The lowest BCUT2D eigenvalue weighted by molar-refractivity contribution is 0.505. The molecule has 2 rings (SSSR count). The molecule has 0 bridgehead atoms. The van der Waals surface area contributed by atoms with Crippen LogP contribution in [0, 0.1) is 13.5 Å². The summed E-state index contributed by atoms with van der Waals surface area (Å²) in [5, 5.41) is 3.88. The van der Waals surface area contributed by atoms with Gasteiger partial charge in [0.1, 0.15) is 0 Å². The Bertz CT molecular complexity index is 631. The van der Waals surface area contributed by atoms with Gasteiger partial charge in [0.15, 0.2) is 5.69 Å². The van der Waals surface area contributed by atoms with Gasteiger partial charge in [-0.2, -0.15) is 4.68 Å². The summed E-state index contributed by atoms with van der Waals surface area (Å²) in [6.07, 6.45) is 0. The lowest BCUT2D eigenvalue weighted by atomic mass is 10.1. The van der Waals surface area contributed by atoms with Crippen molar-refractivity contribution in [3.05, 3.63) is 52.7 Å². The Balaban J connectivity index is 2.60. The molecule has 1 heterocycles. The van der Waals surface area contributed by atoms with Crippen molar-refractivity contribution in [1.82, 2.24) is 9.78 Å². The standard InChI is InChI=1S/C11H7N3O2/c1-7-4-8(6-9(5-7)12-2)10-13-14(3)11(15)16-10/h1,4-6H,3H3. The molecule has 0 aliphatic carbocycles. The van der Waals surface area contributed by atoms with E-state index in [1.165, 1.54) is 13.1 Å². The molecule has 5 heteroatoms. The van der Waals surface area contributed by atoms with E-state index in [9.17, 15) is 4.79 Å². The molecule has 1 aromatic carbocycles. The third kappa shape index (κ3) is 1.73. The molecule has 5 nitrogen and oxygen atoms in total. The van der Waals surface area contributed by atoms with Crippen molar-refractivity contribution in [1.29, 1.82) is 0 Å². The van der Waals surface area contributed by atoms with Crippen molar-refractivity contribution < 1.29 is 4.42 Å². The first-order valence-electron chi connectivity index (χ1n) is 4.42. The molecule has 16 heavy (non-hydrogen) atoms. The summed E-state index contributed by atoms with van der Waals surface area (Å²) >= 11 is 0. The van der Waals surface area contributed by atoms with Gasteiger partial charge in [0.05, 0.1) is 6.57 Å². The molecular weight excluding hydrogens is 206 g/mol. The quantitative estimate of drug-likeness (QED) is 0.677. The van der Waals surface area contributed by atoms with Crippen LogP contribution in [0.2, 0.25) is 0 Å². The van der Waals surface area contributed by atoms with Crippen LogP contribution in [0.5, 0.6) is 0 Å². The van der Waals surface area contributed by atoms with Gasteiger partial charge < -0.3 is 4.42 Å². The van der Waals surface area contributed by atoms with Crippen LogP contribution in [0.15, 0.2) is 27.4 Å². The Kier molecular flexibility index (Phi) is 2.33. The van der Waals surface area contributed by atoms with Gasteiger partial charge in [-0.15, -0.1) is 5.10 Å². The lowest BCUT2D eigenvalue weighted by Gasteiger charge is -1.98. The fourth-order valence-corrected chi connectivity index (χ4v) is 1.29. The highest BCUT2D eigenvalue weighted by Crippen LogP contribution is 2.24. The van der Waals surface area contributed by atoms with E-state index in [-0.39, 0.29) is 5.89 Å². The van der Waals surface area contributed by atoms with Gasteiger partial charge in [0.25, 0.3) is 0 Å². The van der Waals surface area contributed by atoms with Crippen LogP contribution >= 0.6 is 0 Å². The molecule has 0 fully saturated rings. The van der Waals surface area contributed by atoms with E-state index in [0.717, 1.165) is 4.68 Å². The number of rotatable bonds is 1. The fraction of sp³-hybridized carbons (Fsp3) is 0.0909. The van der Waals surface area contributed by atoms with Crippen LogP contribution in [0.3, 0.4) is 0 Å². The minimum atomic E-state index is -0.554. The average molecular weight is 213 g/mol. The Morgan fingerprint density at radius 2 is 2.25 bits per heavy atom. The molecule has 0 spiro atoms. The third-order valence-electron chi connectivity index (χ3n) is 2.01. The molecule has 0 amide bonds. The lowest BCUT2D eigenvalue weighted by Crippen LogP contribution is -2.09. The fourth-order valence-electron chi connectivity index (χ4n) is 1.29. The SMILES string of the molecule is [C-]#[N+]c1cc([CH])cc(-c2nn(C)c(=O)o2)c1. The number of aromatic nitrogens is 2. The third-order valence-corrected chi connectivity index (χ3v) is 2.01. The molecule has 0 atom stereocenters. The van der Waals surface area contributed by atoms with Crippen molar-refractivity contribution in [2.45, 2.75) is 0 Å². The average Bonchev–Trinajstić information content (AvgIpc) is 2.58. The molecule has 0 aliphatic rings. The summed E-state index contributed by atoms with van der Waals surface area (Å²) in [7, 11) is 1.48. The molecule has 78 valence electrons. The Hall–Kier alpha value is -2.35. The molecule has 2 aromatic rings. The number of benzene rings is 1. The highest BCUT2D eigenvalue weighted by Gasteiger charge is 2.09. The summed E-state index contributed by atoms with van der Waals surface area (Å²) in [5.41, 5.74) is 1.32. The number of aryl methyl sites for hydroxylation is 1. The molecule has 0 N–H and O–H groups in total. The van der Waals surface area contributed by atoms with Gasteiger partial charge in [-0.05, 0) is 19.1 Å². The molecule has 0 saturated carbocycles. The topological polar surface area (TPSA) is 52.4 Å². The Labute approximate surface area is 91.8 Å². The first-order valence-corrected chi connectivity index (χ1v) is 4.42. The minimum absolute atomic E-state index is 0.157. The van der Waals surface area contributed by atoms with Crippen molar-refractivity contribution in [3.63, 3.8) is 0 Å². The van der Waals surface area contributed by atoms with E-state index in [4.69, 9.17) is 17.9 Å². The van der Waals surface area contributed by atoms with Gasteiger partial charge in [-0.1, -0.05) is 11.6 Å². The van der Waals surface area contributed by atoms with Crippen LogP contribution in [0.1, 0.15) is 5.56 Å². The molecule has 1 aromatic heterocycles. The maximum absolute atomic E-state index is 11.1. The van der Waals surface area contributed by atoms with Crippen molar-refractivity contribution in [3.8, 4) is 11.5 Å². The summed E-state index contributed by atoms with van der Waals surface area (Å²) in [6.45, 7) is 12.5. The van der Waals surface area contributed by atoms with Crippen LogP contribution in [-0.2, 0) is 7.05 Å². The molecule has 0 unspecified atom stereocenters. The maximum atomic E-state index is 11.1. The Morgan fingerprint density at radius 3 is 2.81 bits per heavy atom. The predicted octanol–water partition coefficient (Wildman–Crippen LogP) is 1.65. The normalized spacial score (nSPS) is 10.1. The first-order chi connectivity index (χ1) is 7.60. The molecule has 2 radical (unpaired) electrons. The second kappa shape index (κ2) is 3.66. The zero-order valence-electron chi connectivity index (χ0n) is 8.47. The Morgan fingerprint density at radius 1 is 1.50 bits per heavy atom. The van der Waals surface area contributed by atoms with E-state index in [2.05, 4.69) is 9.94 Å². The summed E-state index contributed by atoms with van der Waals surface area (Å²) in [6, 6.07) is 4.70. The van der Waals surface area contributed by atoms with E-state index >= 15 is 0 Å². The summed E-state index contributed by atoms with van der Waals surface area (Å²) in [5.74, 6) is -0.397. The van der Waals surface area contributed by atoms with Crippen molar-refractivity contribution in [2.24, 2.45) is 7.05 Å². The summed E-state index contributed by atoms with van der Waals surface area (Å²) in [4.78, 5) is 14.4. The zero-order valence-corrected chi connectivity index (χ0v) is 8.47. The van der Waals surface area contributed by atoms with E-state index < -0.39 is 5.76 Å². The van der Waals surface area contributed by atoms with Crippen molar-refractivity contribution in [2.75, 3.05) is 0 Å². The monoisotopic (exact) mass is 213 g/mol. The van der Waals surface area contributed by atoms with E-state index in [0.29, 0.717) is 16.8 Å². The second-order valence-corrected chi connectivity index (χ2v) is 3.22. The molecule has 0 aliphatic heterocycles. The number of nitrogens with zero attached hydrogens (tertiary/aromatic N) is 3. The molecular formula is C11H7N3O2. The van der Waals surface area contributed by atoms with Gasteiger partial charge in [-0.3, -0.25) is 0 Å². The van der Waals surface area contributed by atoms with Crippen LogP contribution in [0.25, 0.3) is 16.3 Å². The highest BCUT2D eigenvalue weighted by atomic mass is 16.4.